The van der Waals surface area contributed by atoms with Gasteiger partial charge in [-0.05, 0) is 49.3 Å². The highest BCUT2D eigenvalue weighted by atomic mass is 32.2. The van der Waals surface area contributed by atoms with Crippen molar-refractivity contribution in [3.8, 4) is 0 Å². The molecular weight excluding hydrogens is 414 g/mol. The highest BCUT2D eigenvalue weighted by molar-refractivity contribution is 7.90. The van der Waals surface area contributed by atoms with Gasteiger partial charge in [0.15, 0.2) is 8.32 Å². The van der Waals surface area contributed by atoms with Gasteiger partial charge in [0.1, 0.15) is 6.10 Å². The molecule has 1 N–H and O–H groups in total. The summed E-state index contributed by atoms with van der Waals surface area (Å²) in [4.78, 5) is 0.198. The van der Waals surface area contributed by atoms with E-state index >= 15 is 0 Å². The molecule has 1 aromatic heterocycles. The average Bonchev–Trinajstić information content (AvgIpc) is 3.05. The maximum absolute atomic E-state index is 13.7. The third-order valence-electron chi connectivity index (χ3n) is 5.93. The van der Waals surface area contributed by atoms with Crippen LogP contribution in [0.3, 0.4) is 0 Å². The zero-order valence-corrected chi connectivity index (χ0v) is 20.3. The monoisotopic (exact) mass is 445 g/mol. The Bertz CT molecular complexity index is 1130. The number of aliphatic hydroxyl groups excluding tert-OH is 1. The number of para-hydroxylation sites is 1. The summed E-state index contributed by atoms with van der Waals surface area (Å²) in [5.41, 5.74) is 1.01. The number of hydrogen-bond donors (Lipinski definition) is 1. The predicted molar refractivity (Wildman–Crippen MR) is 124 cm³/mol. The molecule has 2 unspecified atom stereocenters. The van der Waals surface area contributed by atoms with Crippen molar-refractivity contribution in [2.24, 2.45) is 0 Å². The van der Waals surface area contributed by atoms with Crippen LogP contribution in [-0.2, 0) is 14.4 Å². The quantitative estimate of drug-likeness (QED) is 0.521. The Labute approximate surface area is 180 Å². The molecule has 2 aromatic carbocycles. The van der Waals surface area contributed by atoms with Gasteiger partial charge in [-0.1, -0.05) is 57.2 Å². The Hall–Kier alpha value is -1.93. The van der Waals surface area contributed by atoms with E-state index < -0.39 is 30.5 Å². The zero-order valence-electron chi connectivity index (χ0n) is 18.5. The van der Waals surface area contributed by atoms with E-state index in [4.69, 9.17) is 4.43 Å². The summed E-state index contributed by atoms with van der Waals surface area (Å²) in [6, 6.07) is 17.5. The number of aromatic nitrogens is 1. The van der Waals surface area contributed by atoms with Crippen LogP contribution in [0.15, 0.2) is 65.6 Å². The fraction of sp³-hybridized carbons (Fsp3) is 0.391. The second-order valence-electron chi connectivity index (χ2n) is 9.25. The molecule has 162 valence electrons. The van der Waals surface area contributed by atoms with E-state index in [9.17, 15) is 13.5 Å². The normalized spacial score (nSPS) is 15.3. The first-order chi connectivity index (χ1) is 13.9. The van der Waals surface area contributed by atoms with Crippen LogP contribution < -0.4 is 0 Å². The van der Waals surface area contributed by atoms with Gasteiger partial charge in [0, 0.05) is 5.39 Å². The summed E-state index contributed by atoms with van der Waals surface area (Å²) in [5, 5.41) is 11.4. The van der Waals surface area contributed by atoms with E-state index in [1.54, 1.807) is 43.3 Å². The number of aliphatic hydroxyl groups is 1. The van der Waals surface area contributed by atoms with Gasteiger partial charge in [0.05, 0.1) is 22.2 Å². The minimum atomic E-state index is -3.88. The summed E-state index contributed by atoms with van der Waals surface area (Å²) in [6.45, 7) is 12.2. The number of fused-ring (bicyclic) bond motifs is 1. The molecule has 0 saturated carbocycles. The number of benzene rings is 2. The van der Waals surface area contributed by atoms with E-state index in [0.717, 1.165) is 5.39 Å². The Kier molecular flexibility index (Phi) is 6.04. The van der Waals surface area contributed by atoms with E-state index in [2.05, 4.69) is 33.9 Å². The molecule has 0 fully saturated rings. The number of hydrogen-bond acceptors (Lipinski definition) is 4. The molecule has 3 rings (SSSR count). The van der Waals surface area contributed by atoms with Crippen molar-refractivity contribution >= 4 is 29.2 Å². The van der Waals surface area contributed by atoms with Crippen LogP contribution in [-0.4, -0.2) is 31.9 Å². The molecule has 0 spiro atoms. The molecular formula is C23H31NO4SSi. The maximum atomic E-state index is 13.7. The van der Waals surface area contributed by atoms with Gasteiger partial charge in [0.2, 0.25) is 0 Å². The highest BCUT2D eigenvalue weighted by Gasteiger charge is 2.42. The topological polar surface area (TPSA) is 68.5 Å². The van der Waals surface area contributed by atoms with Gasteiger partial charge < -0.3 is 9.53 Å². The van der Waals surface area contributed by atoms with Gasteiger partial charge in [-0.3, -0.25) is 0 Å². The molecule has 0 amide bonds. The summed E-state index contributed by atoms with van der Waals surface area (Å²) >= 11 is 0. The molecule has 0 bridgehead atoms. The number of rotatable bonds is 6. The van der Waals surface area contributed by atoms with Crippen molar-refractivity contribution in [3.63, 3.8) is 0 Å². The Balaban J connectivity index is 2.27. The molecule has 0 saturated heterocycles. The van der Waals surface area contributed by atoms with Crippen LogP contribution in [0.4, 0.5) is 0 Å². The van der Waals surface area contributed by atoms with Crippen LogP contribution in [0, 0.1) is 0 Å². The van der Waals surface area contributed by atoms with Crippen LogP contribution in [0.2, 0.25) is 18.1 Å². The van der Waals surface area contributed by atoms with Crippen molar-refractivity contribution < 1.29 is 18.0 Å². The first kappa shape index (κ1) is 22.7. The van der Waals surface area contributed by atoms with Gasteiger partial charge >= 0.3 is 0 Å². The summed E-state index contributed by atoms with van der Waals surface area (Å²) in [7, 11) is -6.17. The average molecular weight is 446 g/mol. The van der Waals surface area contributed by atoms with Gasteiger partial charge in [0.25, 0.3) is 10.0 Å². The molecule has 0 aliphatic heterocycles. The second kappa shape index (κ2) is 7.96. The Morgan fingerprint density at radius 1 is 1.00 bits per heavy atom. The molecule has 0 aliphatic rings. The second-order valence-corrected chi connectivity index (χ2v) is 15.8. The van der Waals surface area contributed by atoms with Crippen LogP contribution in [0.25, 0.3) is 10.9 Å². The van der Waals surface area contributed by atoms with Crippen molar-refractivity contribution in [2.75, 3.05) is 0 Å². The smallest absolute Gasteiger partial charge is 0.268 e. The first-order valence-electron chi connectivity index (χ1n) is 10.1. The van der Waals surface area contributed by atoms with E-state index in [1.165, 1.54) is 3.97 Å². The molecule has 0 aliphatic carbocycles. The molecule has 0 radical (unpaired) electrons. The van der Waals surface area contributed by atoms with Crippen LogP contribution >= 0.6 is 0 Å². The molecule has 30 heavy (non-hydrogen) atoms. The third kappa shape index (κ3) is 4.12. The van der Waals surface area contributed by atoms with Gasteiger partial charge in [-0.2, -0.15) is 0 Å². The lowest BCUT2D eigenvalue weighted by Crippen LogP contribution is -2.44. The summed E-state index contributed by atoms with van der Waals surface area (Å²) < 4.78 is 35.2. The lowest BCUT2D eigenvalue weighted by molar-refractivity contribution is 0.0357. The fourth-order valence-corrected chi connectivity index (χ4v) is 6.09. The zero-order chi connectivity index (χ0) is 22.3. The standard InChI is InChI=1S/C23H31NO4SSi/c1-17(25)22(28-30(5,6)23(2,3)4)21-16-18-12-10-11-15-20(18)24(21)29(26,27)19-13-8-7-9-14-19/h7-17,22,25H,1-6H3. The Morgan fingerprint density at radius 3 is 2.13 bits per heavy atom. The van der Waals surface area contributed by atoms with E-state index in [0.29, 0.717) is 11.2 Å². The van der Waals surface area contributed by atoms with Crippen molar-refractivity contribution in [3.05, 3.63) is 66.4 Å². The van der Waals surface area contributed by atoms with E-state index in [-0.39, 0.29) is 9.93 Å². The van der Waals surface area contributed by atoms with Gasteiger partial charge in [-0.25, -0.2) is 12.4 Å². The number of nitrogens with zero attached hydrogens (tertiary/aromatic N) is 1. The third-order valence-corrected chi connectivity index (χ3v) is 12.1. The lowest BCUT2D eigenvalue weighted by atomic mass is 10.1. The predicted octanol–water partition coefficient (Wildman–Crippen LogP) is 5.32. The van der Waals surface area contributed by atoms with Gasteiger partial charge in [-0.15, -0.1) is 0 Å². The molecule has 1 heterocycles. The summed E-state index contributed by atoms with van der Waals surface area (Å²) in [6.07, 6.45) is -1.65. The molecule has 5 nitrogen and oxygen atoms in total. The highest BCUT2D eigenvalue weighted by Crippen LogP contribution is 2.42. The maximum Gasteiger partial charge on any atom is 0.268 e. The van der Waals surface area contributed by atoms with Crippen molar-refractivity contribution in [1.29, 1.82) is 0 Å². The van der Waals surface area contributed by atoms with Crippen LogP contribution in [0.1, 0.15) is 39.5 Å². The van der Waals surface area contributed by atoms with Crippen molar-refractivity contribution in [1.82, 2.24) is 3.97 Å². The largest absolute Gasteiger partial charge is 0.406 e. The summed E-state index contributed by atoms with van der Waals surface area (Å²) in [5.74, 6) is 0. The van der Waals surface area contributed by atoms with Crippen LogP contribution in [0.5, 0.6) is 0 Å². The Morgan fingerprint density at radius 2 is 1.57 bits per heavy atom. The van der Waals surface area contributed by atoms with E-state index in [1.807, 2.05) is 24.3 Å². The van der Waals surface area contributed by atoms with Crippen molar-refractivity contribution in [2.45, 2.75) is 62.9 Å². The lowest BCUT2D eigenvalue weighted by Gasteiger charge is -2.40. The molecule has 7 heteroatoms. The molecule has 2 atom stereocenters. The molecule has 3 aromatic rings. The minimum Gasteiger partial charge on any atom is -0.406 e. The fourth-order valence-electron chi connectivity index (χ4n) is 3.22. The first-order valence-corrected chi connectivity index (χ1v) is 14.5. The minimum absolute atomic E-state index is 0.0880. The SMILES string of the molecule is CC(O)C(O[Si](C)(C)C(C)(C)C)c1cc2ccccc2n1S(=O)(=O)c1ccccc1.